The molecule has 1 aromatic heterocycles. The molecule has 3 aromatic rings. The summed E-state index contributed by atoms with van der Waals surface area (Å²) in [6.07, 6.45) is 11.3. The highest BCUT2D eigenvalue weighted by Crippen LogP contribution is 2.24. The van der Waals surface area contributed by atoms with Crippen LogP contribution in [0.3, 0.4) is 0 Å². The second-order valence-corrected chi connectivity index (χ2v) is 10.8. The first-order chi connectivity index (χ1) is 20.9. The van der Waals surface area contributed by atoms with E-state index in [1.165, 1.54) is 18.3 Å². The summed E-state index contributed by atoms with van der Waals surface area (Å²) < 4.78 is 27.5. The van der Waals surface area contributed by atoms with Crippen molar-refractivity contribution in [1.29, 1.82) is 0 Å². The van der Waals surface area contributed by atoms with E-state index in [9.17, 15) is 18.8 Å². The van der Waals surface area contributed by atoms with Gasteiger partial charge in [0.2, 0.25) is 5.43 Å². The van der Waals surface area contributed by atoms with Crippen LogP contribution < -0.4 is 25.2 Å². The van der Waals surface area contributed by atoms with Gasteiger partial charge in [0.1, 0.15) is 30.4 Å². The molecule has 5 rings (SSSR count). The van der Waals surface area contributed by atoms with E-state index in [0.29, 0.717) is 37.6 Å². The highest BCUT2D eigenvalue weighted by molar-refractivity contribution is 5.99. The molecule has 0 spiro atoms. The summed E-state index contributed by atoms with van der Waals surface area (Å²) in [6, 6.07) is 13.5. The number of aromatic nitrogens is 1. The van der Waals surface area contributed by atoms with E-state index >= 15 is 0 Å². The summed E-state index contributed by atoms with van der Waals surface area (Å²) in [7, 11) is 1.68. The molecule has 0 aliphatic carbocycles. The summed E-state index contributed by atoms with van der Waals surface area (Å²) in [5, 5.41) is 4.73. The summed E-state index contributed by atoms with van der Waals surface area (Å²) in [5.74, 6) is -1.28. The molecule has 1 N–H and O–H groups in total. The first kappa shape index (κ1) is 29.9. The number of hydrogen-bond donors (Lipinski definition) is 1. The summed E-state index contributed by atoms with van der Waals surface area (Å²) in [5.41, 5.74) is 0.653. The molecule has 2 aliphatic heterocycles. The smallest absolute Gasteiger partial charge is 0.277 e. The van der Waals surface area contributed by atoms with Crippen molar-refractivity contribution in [1.82, 2.24) is 14.9 Å². The molecule has 3 heterocycles. The highest BCUT2D eigenvalue weighted by Gasteiger charge is 2.33. The average Bonchev–Trinajstić information content (AvgIpc) is 3.00. The zero-order valence-corrected chi connectivity index (χ0v) is 24.4. The van der Waals surface area contributed by atoms with Crippen molar-refractivity contribution in [3.8, 4) is 11.5 Å². The van der Waals surface area contributed by atoms with Crippen molar-refractivity contribution >= 4 is 11.8 Å². The normalized spacial score (nSPS) is 17.3. The maximum absolute atomic E-state index is 14.0. The number of hydrogen-bond acceptors (Lipinski definition) is 6. The first-order valence-electron chi connectivity index (χ1n) is 14.7. The maximum atomic E-state index is 14.0. The minimum absolute atomic E-state index is 0.0110. The minimum Gasteiger partial charge on any atom is -0.493 e. The Bertz CT molecular complexity index is 1540. The van der Waals surface area contributed by atoms with Crippen LogP contribution in [0, 0.1) is 5.82 Å². The molecule has 0 saturated carbocycles. The van der Waals surface area contributed by atoms with Crippen molar-refractivity contribution in [2.45, 2.75) is 51.7 Å². The molecule has 226 valence electrons. The molecule has 2 aliphatic rings. The second-order valence-electron chi connectivity index (χ2n) is 10.8. The number of amides is 2. The van der Waals surface area contributed by atoms with Crippen molar-refractivity contribution < 1.29 is 23.5 Å². The molecular weight excluding hydrogens is 551 g/mol. The topological polar surface area (TPSA) is 93.1 Å². The van der Waals surface area contributed by atoms with E-state index in [0.717, 1.165) is 37.7 Å². The summed E-state index contributed by atoms with van der Waals surface area (Å²) in [4.78, 5) is 42.3. The number of benzene rings is 2. The maximum Gasteiger partial charge on any atom is 0.277 e. The molecule has 9 nitrogen and oxygen atoms in total. The average molecular weight is 589 g/mol. The van der Waals surface area contributed by atoms with E-state index < -0.39 is 17.2 Å². The lowest BCUT2D eigenvalue weighted by molar-refractivity contribution is 0.0727. The molecule has 10 heteroatoms. The van der Waals surface area contributed by atoms with E-state index in [4.69, 9.17) is 9.47 Å². The van der Waals surface area contributed by atoms with Crippen LogP contribution in [0.4, 0.5) is 4.39 Å². The number of pyridine rings is 1. The van der Waals surface area contributed by atoms with Gasteiger partial charge in [0.05, 0.1) is 6.61 Å². The predicted octanol–water partition coefficient (Wildman–Crippen LogP) is 4.77. The Morgan fingerprint density at radius 2 is 1.77 bits per heavy atom. The van der Waals surface area contributed by atoms with Crippen LogP contribution >= 0.6 is 0 Å². The third kappa shape index (κ3) is 7.25. The fourth-order valence-corrected chi connectivity index (χ4v) is 5.22. The second kappa shape index (κ2) is 14.0. The zero-order valence-electron chi connectivity index (χ0n) is 24.4. The van der Waals surface area contributed by atoms with Gasteiger partial charge in [-0.3, -0.25) is 24.1 Å². The van der Waals surface area contributed by atoms with Gasteiger partial charge in [-0.05, 0) is 37.3 Å². The number of ether oxygens (including phenoxy) is 2. The number of nitrogens with one attached hydrogen (secondary N) is 1. The van der Waals surface area contributed by atoms with Gasteiger partial charge in [0.25, 0.3) is 11.8 Å². The van der Waals surface area contributed by atoms with Crippen molar-refractivity contribution in [3.05, 3.63) is 105 Å². The van der Waals surface area contributed by atoms with Gasteiger partial charge in [-0.2, -0.15) is 0 Å². The monoisotopic (exact) mass is 588 g/mol. The van der Waals surface area contributed by atoms with Gasteiger partial charge in [-0.25, -0.2) is 4.39 Å². The van der Waals surface area contributed by atoms with Crippen molar-refractivity contribution in [2.75, 3.05) is 31.9 Å². The number of halogens is 1. The Hall–Kier alpha value is -4.60. The lowest BCUT2D eigenvalue weighted by Gasteiger charge is -2.38. The lowest BCUT2D eigenvalue weighted by atomic mass is 10.1. The summed E-state index contributed by atoms with van der Waals surface area (Å²) >= 11 is 0. The van der Waals surface area contributed by atoms with Crippen LogP contribution in [0.25, 0.3) is 0 Å². The molecule has 2 aromatic carbocycles. The van der Waals surface area contributed by atoms with Gasteiger partial charge in [0, 0.05) is 38.0 Å². The van der Waals surface area contributed by atoms with Crippen LogP contribution in [0.2, 0.25) is 0 Å². The lowest BCUT2D eigenvalue weighted by Crippen LogP contribution is -2.53. The third-order valence-corrected chi connectivity index (χ3v) is 7.56. The summed E-state index contributed by atoms with van der Waals surface area (Å²) in [6.45, 7) is 1.35. The van der Waals surface area contributed by atoms with Crippen LogP contribution in [-0.4, -0.2) is 48.3 Å². The van der Waals surface area contributed by atoms with Gasteiger partial charge in [-0.1, -0.05) is 61.4 Å². The number of carbonyl (C=O) groups excluding carboxylic acids is 2. The molecular formula is C33H37FN4O5. The number of carbonyl (C=O) groups is 2. The van der Waals surface area contributed by atoms with Crippen LogP contribution in [0.15, 0.2) is 71.7 Å². The number of nitrogens with zero attached hydrogens (tertiary/aromatic N) is 3. The fourth-order valence-electron chi connectivity index (χ4n) is 5.22. The molecule has 0 saturated heterocycles. The van der Waals surface area contributed by atoms with E-state index in [2.05, 4.69) is 17.5 Å². The quantitative estimate of drug-likeness (QED) is 0.444. The van der Waals surface area contributed by atoms with E-state index in [1.807, 2.05) is 35.3 Å². The van der Waals surface area contributed by atoms with Gasteiger partial charge >= 0.3 is 0 Å². The molecule has 0 atom stereocenters. The number of fused-ring (bicyclic) bond motifs is 2. The van der Waals surface area contributed by atoms with E-state index in [1.54, 1.807) is 22.7 Å². The van der Waals surface area contributed by atoms with Crippen molar-refractivity contribution in [2.24, 2.45) is 0 Å². The Labute approximate surface area is 250 Å². The van der Waals surface area contributed by atoms with Gasteiger partial charge < -0.3 is 19.7 Å². The number of allylic oxidation sites excluding steroid dienone is 1. The van der Waals surface area contributed by atoms with Gasteiger partial charge in [-0.15, -0.1) is 0 Å². The van der Waals surface area contributed by atoms with Crippen LogP contribution in [0.5, 0.6) is 11.5 Å². The zero-order chi connectivity index (χ0) is 30.2. The Balaban J connectivity index is 1.52. The fraction of sp³-hybridized carbons (Fsp3) is 0.364. The molecule has 2 amide bonds. The van der Waals surface area contributed by atoms with Crippen LogP contribution in [-0.2, 0) is 13.2 Å². The predicted molar refractivity (Wildman–Crippen MR) is 161 cm³/mol. The molecule has 0 fully saturated rings. The molecule has 0 radical (unpaired) electrons. The SMILES string of the molecule is CN1CN2CCCCCC/C=C/CCOc3cc(F)ccc3CNC(=O)c3cn2c(c(OCc2ccccc2)c3=O)C1=O. The molecule has 43 heavy (non-hydrogen) atoms. The first-order valence-corrected chi connectivity index (χ1v) is 14.7. The highest BCUT2D eigenvalue weighted by atomic mass is 19.1. The van der Waals surface area contributed by atoms with Gasteiger partial charge in [0.15, 0.2) is 11.4 Å². The minimum atomic E-state index is -0.673. The third-order valence-electron chi connectivity index (χ3n) is 7.56. The molecule has 2 bridgehead atoms. The van der Waals surface area contributed by atoms with Crippen LogP contribution in [0.1, 0.15) is 70.5 Å². The Morgan fingerprint density at radius 1 is 0.977 bits per heavy atom. The Kier molecular flexibility index (Phi) is 9.76. The standard InChI is InChI=1S/C33H37FN4O5/c1-36-23-37-17-11-6-4-2-3-5-7-12-18-42-28-19-26(34)16-15-25(28)20-35-32(40)27-21-38(37)29(33(36)41)31(30(27)39)43-22-24-13-9-8-10-14-24/h5,7-10,13-16,19,21H,2-4,6,11-12,17-18,20,22-23H2,1H3,(H,35,40)/b7-5+. The molecule has 0 unspecified atom stereocenters. The van der Waals surface area contributed by atoms with E-state index in [-0.39, 0.29) is 36.1 Å². The van der Waals surface area contributed by atoms with Crippen molar-refractivity contribution in [3.63, 3.8) is 0 Å². The largest absolute Gasteiger partial charge is 0.493 e. The Morgan fingerprint density at radius 3 is 2.60 bits per heavy atom. The number of rotatable bonds is 3.